The Morgan fingerprint density at radius 2 is 2.11 bits per heavy atom. The molecule has 28 heavy (non-hydrogen) atoms. The molecule has 1 aromatic heterocycles. The van der Waals surface area contributed by atoms with E-state index in [1.165, 1.54) is 56.1 Å². The first-order chi connectivity index (χ1) is 13.7. The third-order valence-electron chi connectivity index (χ3n) is 5.95. The van der Waals surface area contributed by atoms with Crippen LogP contribution in [-0.2, 0) is 0 Å². The lowest BCUT2D eigenvalue weighted by molar-refractivity contribution is 0.111. The Kier molecular flexibility index (Phi) is 5.67. The van der Waals surface area contributed by atoms with Crippen LogP contribution in [0.3, 0.4) is 0 Å². The second-order valence-corrected chi connectivity index (χ2v) is 7.88. The fourth-order valence-electron chi connectivity index (χ4n) is 4.20. The van der Waals surface area contributed by atoms with Gasteiger partial charge in [0.2, 0.25) is 5.88 Å². The molecular formula is C22H29N3O3. The van der Waals surface area contributed by atoms with Crippen molar-refractivity contribution >= 4 is 6.29 Å². The van der Waals surface area contributed by atoms with Crippen LogP contribution in [0.15, 0.2) is 35.2 Å². The zero-order chi connectivity index (χ0) is 19.5. The lowest BCUT2D eigenvalue weighted by atomic mass is 9.87. The van der Waals surface area contributed by atoms with Gasteiger partial charge in [-0.3, -0.25) is 4.79 Å². The Bertz CT molecular complexity index is 798. The van der Waals surface area contributed by atoms with Crippen molar-refractivity contribution in [3.8, 4) is 11.6 Å². The van der Waals surface area contributed by atoms with E-state index in [1.54, 1.807) is 12.3 Å². The molecule has 3 aliphatic rings. The third kappa shape index (κ3) is 3.78. The van der Waals surface area contributed by atoms with E-state index in [-0.39, 0.29) is 0 Å². The van der Waals surface area contributed by atoms with Crippen LogP contribution in [0, 0.1) is 0 Å². The predicted molar refractivity (Wildman–Crippen MR) is 107 cm³/mol. The number of rotatable bonds is 7. The number of nitrogens with one attached hydrogen (secondary N) is 1. The van der Waals surface area contributed by atoms with Crippen LogP contribution in [0.5, 0.6) is 11.6 Å². The van der Waals surface area contributed by atoms with Gasteiger partial charge in [0.1, 0.15) is 12.4 Å². The zero-order valence-electron chi connectivity index (χ0n) is 16.7. The summed E-state index contributed by atoms with van der Waals surface area (Å²) in [4.78, 5) is 15.6. The Labute approximate surface area is 166 Å². The monoisotopic (exact) mass is 383 g/mol. The second kappa shape index (κ2) is 8.35. The van der Waals surface area contributed by atoms with E-state index < -0.39 is 0 Å². The van der Waals surface area contributed by atoms with Crippen LogP contribution in [0.2, 0.25) is 0 Å². The zero-order valence-corrected chi connectivity index (χ0v) is 16.7. The standard InChI is InChI=1S/C22H29N3O3/c1-15-10-20(25(24-15)18-7-5-8-18)19-9-4-3-6-16(19)14-28-21-12-23-22(27-2)11-17(21)13-26/h10-13,15,18,24H,3-9,14H2,1-2H3. The number of carbonyl (C=O) groups is 1. The maximum absolute atomic E-state index is 11.4. The highest BCUT2D eigenvalue weighted by atomic mass is 16.5. The summed E-state index contributed by atoms with van der Waals surface area (Å²) in [6, 6.07) is 2.59. The van der Waals surface area contributed by atoms with Crippen LogP contribution in [0.4, 0.5) is 0 Å². The number of carbonyl (C=O) groups excluding carboxylic acids is 1. The number of aldehydes is 1. The van der Waals surface area contributed by atoms with Gasteiger partial charge >= 0.3 is 0 Å². The summed E-state index contributed by atoms with van der Waals surface area (Å²) in [7, 11) is 1.54. The molecule has 6 nitrogen and oxygen atoms in total. The maximum Gasteiger partial charge on any atom is 0.213 e. The smallest absolute Gasteiger partial charge is 0.213 e. The van der Waals surface area contributed by atoms with Crippen LogP contribution >= 0.6 is 0 Å². The lowest BCUT2D eigenvalue weighted by Gasteiger charge is -2.39. The Hall–Kier alpha value is -2.34. The van der Waals surface area contributed by atoms with Gasteiger partial charge in [-0.25, -0.2) is 10.4 Å². The fourth-order valence-corrected chi connectivity index (χ4v) is 4.20. The average Bonchev–Trinajstić information content (AvgIpc) is 3.05. The highest BCUT2D eigenvalue weighted by molar-refractivity contribution is 5.79. The first kappa shape index (κ1) is 19.0. The van der Waals surface area contributed by atoms with Crippen molar-refractivity contribution in [1.29, 1.82) is 0 Å². The number of nitrogens with zero attached hydrogens (tertiary/aromatic N) is 2. The van der Waals surface area contributed by atoms with Gasteiger partial charge in [-0.2, -0.15) is 0 Å². The van der Waals surface area contributed by atoms with Gasteiger partial charge in [-0.15, -0.1) is 0 Å². The van der Waals surface area contributed by atoms with Gasteiger partial charge < -0.3 is 14.5 Å². The summed E-state index contributed by atoms with van der Waals surface area (Å²) < 4.78 is 11.1. The molecule has 2 aliphatic carbocycles. The van der Waals surface area contributed by atoms with E-state index in [4.69, 9.17) is 9.47 Å². The fraction of sp³-hybridized carbons (Fsp3) is 0.545. The first-order valence-corrected chi connectivity index (χ1v) is 10.3. The molecular weight excluding hydrogens is 354 g/mol. The van der Waals surface area contributed by atoms with Crippen molar-refractivity contribution < 1.29 is 14.3 Å². The Balaban J connectivity index is 1.55. The molecule has 1 aliphatic heterocycles. The molecule has 6 heteroatoms. The lowest BCUT2D eigenvalue weighted by Crippen LogP contribution is -2.47. The van der Waals surface area contributed by atoms with Gasteiger partial charge in [-0.1, -0.05) is 0 Å². The first-order valence-electron chi connectivity index (χ1n) is 10.3. The van der Waals surface area contributed by atoms with Crippen LogP contribution < -0.4 is 14.9 Å². The molecule has 1 aromatic rings. The number of allylic oxidation sites excluding steroid dienone is 1. The normalized spacial score (nSPS) is 22.7. The Morgan fingerprint density at radius 1 is 1.29 bits per heavy atom. The Morgan fingerprint density at radius 3 is 2.82 bits per heavy atom. The van der Waals surface area contributed by atoms with Crippen molar-refractivity contribution in [2.75, 3.05) is 13.7 Å². The number of hydrogen-bond donors (Lipinski definition) is 1. The minimum Gasteiger partial charge on any atom is -0.487 e. The summed E-state index contributed by atoms with van der Waals surface area (Å²) >= 11 is 0. The molecule has 0 bridgehead atoms. The molecule has 1 N–H and O–H groups in total. The molecule has 150 valence electrons. The van der Waals surface area contributed by atoms with E-state index >= 15 is 0 Å². The summed E-state index contributed by atoms with van der Waals surface area (Å²) in [6.07, 6.45) is 13.1. The molecule has 2 heterocycles. The van der Waals surface area contributed by atoms with Gasteiger partial charge in [0.15, 0.2) is 6.29 Å². The van der Waals surface area contributed by atoms with E-state index in [2.05, 4.69) is 28.4 Å². The highest BCUT2D eigenvalue weighted by Crippen LogP contribution is 2.38. The minimum absolute atomic E-state index is 0.361. The molecule has 4 rings (SSSR count). The summed E-state index contributed by atoms with van der Waals surface area (Å²) in [5.74, 6) is 0.926. The van der Waals surface area contributed by atoms with Crippen LogP contribution in [0.1, 0.15) is 62.2 Å². The predicted octanol–water partition coefficient (Wildman–Crippen LogP) is 3.80. The minimum atomic E-state index is 0.361. The molecule has 1 unspecified atom stereocenters. The SMILES string of the molecule is COc1cc(C=O)c(OCC2=C(C3=CC(C)NN3C3CCC3)CCCC2)cn1. The molecule has 1 fully saturated rings. The molecule has 1 atom stereocenters. The van der Waals surface area contributed by atoms with E-state index in [0.717, 1.165) is 19.1 Å². The number of aromatic nitrogens is 1. The number of methoxy groups -OCH3 is 1. The second-order valence-electron chi connectivity index (χ2n) is 7.88. The van der Waals surface area contributed by atoms with E-state index in [9.17, 15) is 4.79 Å². The highest BCUT2D eigenvalue weighted by Gasteiger charge is 2.33. The largest absolute Gasteiger partial charge is 0.487 e. The van der Waals surface area contributed by atoms with Crippen LogP contribution in [-0.4, -0.2) is 42.1 Å². The van der Waals surface area contributed by atoms with Crippen molar-refractivity contribution in [2.45, 2.75) is 64.0 Å². The van der Waals surface area contributed by atoms with E-state index in [0.29, 0.717) is 35.9 Å². The molecule has 1 saturated carbocycles. The molecule has 0 radical (unpaired) electrons. The van der Waals surface area contributed by atoms with E-state index in [1.807, 2.05) is 0 Å². The quantitative estimate of drug-likeness (QED) is 0.723. The molecule has 0 aromatic carbocycles. The topological polar surface area (TPSA) is 63.7 Å². The summed E-state index contributed by atoms with van der Waals surface area (Å²) in [6.45, 7) is 2.70. The van der Waals surface area contributed by atoms with Crippen LogP contribution in [0.25, 0.3) is 0 Å². The number of hydrazine groups is 1. The number of ether oxygens (including phenoxy) is 2. The molecule has 0 spiro atoms. The van der Waals surface area contributed by atoms with Gasteiger partial charge in [-0.05, 0) is 69.1 Å². The van der Waals surface area contributed by atoms with Gasteiger partial charge in [0.05, 0.1) is 24.6 Å². The molecule has 0 saturated heterocycles. The third-order valence-corrected chi connectivity index (χ3v) is 5.95. The van der Waals surface area contributed by atoms with Crippen molar-refractivity contribution in [2.24, 2.45) is 0 Å². The molecule has 0 amide bonds. The summed E-state index contributed by atoms with van der Waals surface area (Å²) in [5, 5.41) is 2.40. The average molecular weight is 383 g/mol. The summed E-state index contributed by atoms with van der Waals surface area (Å²) in [5.41, 5.74) is 8.20. The number of hydrogen-bond acceptors (Lipinski definition) is 6. The van der Waals surface area contributed by atoms with Gasteiger partial charge in [0.25, 0.3) is 0 Å². The number of pyridine rings is 1. The van der Waals surface area contributed by atoms with Crippen molar-refractivity contribution in [3.63, 3.8) is 0 Å². The van der Waals surface area contributed by atoms with Crippen molar-refractivity contribution in [1.82, 2.24) is 15.4 Å². The maximum atomic E-state index is 11.4. The van der Waals surface area contributed by atoms with Gasteiger partial charge in [0, 0.05) is 18.2 Å². The van der Waals surface area contributed by atoms with Crippen molar-refractivity contribution in [3.05, 3.63) is 40.7 Å².